The maximum atomic E-state index is 4.35. The molecule has 1 saturated carbocycles. The zero-order valence-electron chi connectivity index (χ0n) is 9.58. The van der Waals surface area contributed by atoms with Crippen LogP contribution in [0.25, 0.3) is 0 Å². The van der Waals surface area contributed by atoms with Crippen LogP contribution in [0.5, 0.6) is 0 Å². The minimum atomic E-state index is 0.682. The molecule has 2 rings (SSSR count). The smallest absolute Gasteiger partial charge is 0.124 e. The Morgan fingerprint density at radius 3 is 3.00 bits per heavy atom. The zero-order chi connectivity index (χ0) is 10.5. The molecule has 1 aromatic heterocycles. The number of aryl methyl sites for hydroxylation is 1. The van der Waals surface area contributed by atoms with Crippen LogP contribution in [0, 0.1) is 0 Å². The molecule has 1 fully saturated rings. The van der Waals surface area contributed by atoms with Gasteiger partial charge in [-0.25, -0.2) is 4.68 Å². The predicted octanol–water partition coefficient (Wildman–Crippen LogP) is 3.04. The lowest BCUT2D eigenvalue weighted by Gasteiger charge is -2.14. The van der Waals surface area contributed by atoms with Crippen LogP contribution in [0.3, 0.4) is 0 Å². The van der Waals surface area contributed by atoms with Gasteiger partial charge in [-0.1, -0.05) is 26.2 Å². The molecule has 1 aliphatic carbocycles. The van der Waals surface area contributed by atoms with Crippen LogP contribution in [0.1, 0.15) is 45.4 Å². The van der Waals surface area contributed by atoms with Crippen molar-refractivity contribution in [2.24, 2.45) is 0 Å². The fourth-order valence-corrected chi connectivity index (χ4v) is 2.22. The Morgan fingerprint density at radius 2 is 2.27 bits per heavy atom. The van der Waals surface area contributed by atoms with Crippen LogP contribution < -0.4 is 5.32 Å². The van der Waals surface area contributed by atoms with E-state index in [0.29, 0.717) is 6.04 Å². The third-order valence-electron chi connectivity index (χ3n) is 3.15. The summed E-state index contributed by atoms with van der Waals surface area (Å²) in [5, 5.41) is 7.95. The topological polar surface area (TPSA) is 29.9 Å². The molecular weight excluding hydrogens is 186 g/mol. The van der Waals surface area contributed by atoms with E-state index in [-0.39, 0.29) is 0 Å². The molecule has 0 saturated heterocycles. The van der Waals surface area contributed by atoms with E-state index in [1.165, 1.54) is 44.3 Å². The Bertz CT molecular complexity index is 287. The first-order valence-electron chi connectivity index (χ1n) is 6.18. The van der Waals surface area contributed by atoms with E-state index < -0.39 is 0 Å². The molecule has 84 valence electrons. The van der Waals surface area contributed by atoms with E-state index >= 15 is 0 Å². The maximum absolute atomic E-state index is 4.35. The Kier molecular flexibility index (Phi) is 3.64. The van der Waals surface area contributed by atoms with Gasteiger partial charge in [0.15, 0.2) is 0 Å². The molecule has 1 aromatic rings. The van der Waals surface area contributed by atoms with E-state index in [1.54, 1.807) is 0 Å². The second kappa shape index (κ2) is 5.19. The third-order valence-corrected chi connectivity index (χ3v) is 3.15. The van der Waals surface area contributed by atoms with Gasteiger partial charge in [-0.2, -0.15) is 5.10 Å². The van der Waals surface area contributed by atoms with E-state index in [1.807, 2.05) is 6.20 Å². The molecule has 1 heterocycles. The number of aromatic nitrogens is 2. The highest BCUT2D eigenvalue weighted by Crippen LogP contribution is 2.22. The fourth-order valence-electron chi connectivity index (χ4n) is 2.22. The molecule has 3 nitrogen and oxygen atoms in total. The van der Waals surface area contributed by atoms with Gasteiger partial charge < -0.3 is 5.32 Å². The van der Waals surface area contributed by atoms with Crippen molar-refractivity contribution in [2.45, 2.75) is 58.0 Å². The number of anilines is 1. The molecule has 1 N–H and O–H groups in total. The molecule has 0 amide bonds. The van der Waals surface area contributed by atoms with Crippen LogP contribution in [0.15, 0.2) is 12.3 Å². The van der Waals surface area contributed by atoms with Crippen LogP contribution in [0.4, 0.5) is 5.82 Å². The summed E-state index contributed by atoms with van der Waals surface area (Å²) in [5.74, 6) is 1.20. The second-order valence-corrected chi connectivity index (χ2v) is 4.42. The summed E-state index contributed by atoms with van der Waals surface area (Å²) in [6.07, 6.45) is 9.72. The minimum absolute atomic E-state index is 0.682. The van der Waals surface area contributed by atoms with Crippen molar-refractivity contribution in [2.75, 3.05) is 5.32 Å². The largest absolute Gasteiger partial charge is 0.368 e. The number of rotatable bonds is 5. The summed E-state index contributed by atoms with van der Waals surface area (Å²) in [6.45, 7) is 3.26. The first-order valence-corrected chi connectivity index (χ1v) is 6.18. The highest BCUT2D eigenvalue weighted by molar-refractivity contribution is 5.35. The van der Waals surface area contributed by atoms with Crippen molar-refractivity contribution in [3.8, 4) is 0 Å². The number of unbranched alkanes of at least 4 members (excludes halogenated alkanes) is 1. The average molecular weight is 207 g/mol. The Labute approximate surface area is 91.9 Å². The lowest BCUT2D eigenvalue weighted by molar-refractivity contribution is 0.571. The van der Waals surface area contributed by atoms with Crippen LogP contribution in [-0.2, 0) is 6.54 Å². The molecule has 0 aliphatic heterocycles. The third kappa shape index (κ3) is 2.74. The normalized spacial score (nSPS) is 17.1. The molecule has 0 unspecified atom stereocenters. The minimum Gasteiger partial charge on any atom is -0.368 e. The first kappa shape index (κ1) is 10.5. The van der Waals surface area contributed by atoms with E-state index in [0.717, 1.165) is 6.54 Å². The number of nitrogens with one attached hydrogen (secondary N) is 1. The summed E-state index contributed by atoms with van der Waals surface area (Å²) < 4.78 is 2.10. The Balaban J connectivity index is 1.91. The Morgan fingerprint density at radius 1 is 1.47 bits per heavy atom. The van der Waals surface area contributed by atoms with E-state index in [2.05, 4.69) is 28.1 Å². The van der Waals surface area contributed by atoms with Gasteiger partial charge in [-0.15, -0.1) is 0 Å². The highest BCUT2D eigenvalue weighted by atomic mass is 15.3. The van der Waals surface area contributed by atoms with Gasteiger partial charge >= 0.3 is 0 Å². The number of hydrogen-bond acceptors (Lipinski definition) is 2. The van der Waals surface area contributed by atoms with Crippen molar-refractivity contribution >= 4 is 5.82 Å². The lowest BCUT2D eigenvalue weighted by atomic mass is 10.2. The van der Waals surface area contributed by atoms with Gasteiger partial charge in [0, 0.05) is 18.7 Å². The monoisotopic (exact) mass is 207 g/mol. The molecule has 0 bridgehead atoms. The van der Waals surface area contributed by atoms with E-state index in [4.69, 9.17) is 0 Å². The summed E-state index contributed by atoms with van der Waals surface area (Å²) in [7, 11) is 0. The average Bonchev–Trinajstić information content (AvgIpc) is 2.87. The molecular formula is C12H21N3. The molecule has 15 heavy (non-hydrogen) atoms. The summed E-state index contributed by atoms with van der Waals surface area (Å²) in [4.78, 5) is 0. The second-order valence-electron chi connectivity index (χ2n) is 4.42. The van der Waals surface area contributed by atoms with Crippen molar-refractivity contribution in [1.29, 1.82) is 0 Å². The van der Waals surface area contributed by atoms with Gasteiger partial charge in [0.05, 0.1) is 6.20 Å². The zero-order valence-corrected chi connectivity index (χ0v) is 9.58. The van der Waals surface area contributed by atoms with Gasteiger partial charge in [0.1, 0.15) is 5.82 Å². The molecule has 1 aliphatic rings. The molecule has 0 aromatic carbocycles. The van der Waals surface area contributed by atoms with Crippen LogP contribution >= 0.6 is 0 Å². The Hall–Kier alpha value is -0.990. The van der Waals surface area contributed by atoms with Crippen molar-refractivity contribution in [1.82, 2.24) is 9.78 Å². The molecule has 3 heteroatoms. The molecule has 0 radical (unpaired) electrons. The summed E-state index contributed by atoms with van der Waals surface area (Å²) in [6, 6.07) is 2.77. The lowest BCUT2D eigenvalue weighted by Crippen LogP contribution is -2.17. The first-order chi connectivity index (χ1) is 7.40. The van der Waals surface area contributed by atoms with Gasteiger partial charge in [-0.3, -0.25) is 0 Å². The maximum Gasteiger partial charge on any atom is 0.124 e. The van der Waals surface area contributed by atoms with E-state index in [9.17, 15) is 0 Å². The van der Waals surface area contributed by atoms with Gasteiger partial charge in [-0.05, 0) is 19.3 Å². The SMILES string of the molecule is CCCCn1nccc1NC1CCCC1. The number of nitrogens with zero attached hydrogens (tertiary/aromatic N) is 2. The van der Waals surface area contributed by atoms with Gasteiger partial charge in [0.2, 0.25) is 0 Å². The van der Waals surface area contributed by atoms with Crippen molar-refractivity contribution < 1.29 is 0 Å². The van der Waals surface area contributed by atoms with Crippen LogP contribution in [-0.4, -0.2) is 15.8 Å². The quantitative estimate of drug-likeness (QED) is 0.804. The predicted molar refractivity (Wildman–Crippen MR) is 63.0 cm³/mol. The van der Waals surface area contributed by atoms with Crippen LogP contribution in [0.2, 0.25) is 0 Å². The van der Waals surface area contributed by atoms with Gasteiger partial charge in [0.25, 0.3) is 0 Å². The molecule has 0 spiro atoms. The van der Waals surface area contributed by atoms with Crippen molar-refractivity contribution in [3.63, 3.8) is 0 Å². The standard InChI is InChI=1S/C12H21N3/c1-2-3-10-15-12(8-9-13-15)14-11-6-4-5-7-11/h8-9,11,14H,2-7,10H2,1H3. The van der Waals surface area contributed by atoms with Crippen molar-refractivity contribution in [3.05, 3.63) is 12.3 Å². The molecule has 0 atom stereocenters. The summed E-state index contributed by atoms with van der Waals surface area (Å²) >= 11 is 0. The number of hydrogen-bond donors (Lipinski definition) is 1. The highest BCUT2D eigenvalue weighted by Gasteiger charge is 2.15. The summed E-state index contributed by atoms with van der Waals surface area (Å²) in [5.41, 5.74) is 0. The fraction of sp³-hybridized carbons (Fsp3) is 0.750.